The number of nitrogens with two attached hydrogens (primary N) is 1. The number of carbonyl (C=O) groups excluding carboxylic acids is 1. The summed E-state index contributed by atoms with van der Waals surface area (Å²) in [4.78, 5) is 10.9. The summed E-state index contributed by atoms with van der Waals surface area (Å²) >= 11 is 0. The Labute approximate surface area is 81.1 Å². The molecule has 0 aromatic heterocycles. The lowest BCUT2D eigenvalue weighted by Crippen LogP contribution is -2.34. The van der Waals surface area contributed by atoms with Crippen LogP contribution >= 0.6 is 0 Å². The first kappa shape index (κ1) is 12.4. The highest BCUT2D eigenvalue weighted by Gasteiger charge is 2.07. The average Bonchev–Trinajstić information content (AvgIpc) is 2.14. The summed E-state index contributed by atoms with van der Waals surface area (Å²) < 4.78 is 0. The molecule has 0 saturated carbocycles. The Morgan fingerprint density at radius 1 is 1.31 bits per heavy atom. The average molecular weight is 186 g/mol. The lowest BCUT2D eigenvalue weighted by molar-refractivity contribution is -0.119. The maximum Gasteiger partial charge on any atom is 0.233 e. The zero-order valence-electron chi connectivity index (χ0n) is 8.81. The second-order valence-electron chi connectivity index (χ2n) is 3.45. The standard InChI is InChI=1S/C10H22N2O/c1-3-5-9(6-4-2)8-12-10(13)7-11/h9H,3-8,11H2,1-2H3,(H,12,13). The SMILES string of the molecule is CCCC(CCC)CNC(=O)CN. The van der Waals surface area contributed by atoms with Gasteiger partial charge in [-0.05, 0) is 18.8 Å². The molecule has 3 heteroatoms. The summed E-state index contributed by atoms with van der Waals surface area (Å²) in [7, 11) is 0. The molecule has 0 rings (SSSR count). The van der Waals surface area contributed by atoms with Crippen molar-refractivity contribution < 1.29 is 4.79 Å². The monoisotopic (exact) mass is 186 g/mol. The van der Waals surface area contributed by atoms with Crippen molar-refractivity contribution in [2.75, 3.05) is 13.1 Å². The lowest BCUT2D eigenvalue weighted by atomic mass is 9.98. The van der Waals surface area contributed by atoms with Gasteiger partial charge in [0.05, 0.1) is 6.54 Å². The minimum absolute atomic E-state index is 0.0443. The lowest BCUT2D eigenvalue weighted by Gasteiger charge is -2.15. The van der Waals surface area contributed by atoms with Crippen LogP contribution in [0.1, 0.15) is 39.5 Å². The quantitative estimate of drug-likeness (QED) is 0.629. The van der Waals surface area contributed by atoms with Crippen LogP contribution in [0.3, 0.4) is 0 Å². The Kier molecular flexibility index (Phi) is 7.69. The Morgan fingerprint density at radius 2 is 1.85 bits per heavy atom. The van der Waals surface area contributed by atoms with Crippen molar-refractivity contribution in [1.82, 2.24) is 5.32 Å². The molecule has 0 aliphatic heterocycles. The van der Waals surface area contributed by atoms with Gasteiger partial charge >= 0.3 is 0 Å². The number of rotatable bonds is 7. The van der Waals surface area contributed by atoms with Crippen LogP contribution in [-0.2, 0) is 4.79 Å². The second kappa shape index (κ2) is 8.05. The molecule has 0 fully saturated rings. The van der Waals surface area contributed by atoms with E-state index in [-0.39, 0.29) is 12.5 Å². The van der Waals surface area contributed by atoms with Crippen LogP contribution in [-0.4, -0.2) is 19.0 Å². The Hall–Kier alpha value is -0.570. The molecule has 1 amide bonds. The fourth-order valence-corrected chi connectivity index (χ4v) is 1.50. The molecule has 0 atom stereocenters. The molecule has 0 bridgehead atoms. The highest BCUT2D eigenvalue weighted by atomic mass is 16.1. The molecule has 0 saturated heterocycles. The molecule has 0 spiro atoms. The van der Waals surface area contributed by atoms with Crippen LogP contribution < -0.4 is 11.1 Å². The summed E-state index contributed by atoms with van der Waals surface area (Å²) in [5, 5.41) is 2.84. The molecule has 0 aliphatic rings. The molecular weight excluding hydrogens is 164 g/mol. The highest BCUT2D eigenvalue weighted by molar-refractivity contribution is 5.77. The van der Waals surface area contributed by atoms with Crippen molar-refractivity contribution >= 4 is 5.91 Å². The van der Waals surface area contributed by atoms with Crippen molar-refractivity contribution in [3.63, 3.8) is 0 Å². The largest absolute Gasteiger partial charge is 0.355 e. The molecule has 0 radical (unpaired) electrons. The molecule has 0 heterocycles. The van der Waals surface area contributed by atoms with Crippen molar-refractivity contribution in [1.29, 1.82) is 0 Å². The van der Waals surface area contributed by atoms with E-state index in [9.17, 15) is 4.79 Å². The molecule has 13 heavy (non-hydrogen) atoms. The van der Waals surface area contributed by atoms with Gasteiger partial charge < -0.3 is 11.1 Å². The van der Waals surface area contributed by atoms with Gasteiger partial charge in [-0.25, -0.2) is 0 Å². The first-order valence-corrected chi connectivity index (χ1v) is 5.21. The van der Waals surface area contributed by atoms with E-state index in [1.165, 1.54) is 25.7 Å². The number of nitrogens with one attached hydrogen (secondary N) is 1. The van der Waals surface area contributed by atoms with Crippen LogP contribution in [0.5, 0.6) is 0 Å². The topological polar surface area (TPSA) is 55.1 Å². The van der Waals surface area contributed by atoms with Crippen LogP contribution in [0.4, 0.5) is 0 Å². The molecular formula is C10H22N2O. The summed E-state index contributed by atoms with van der Waals surface area (Å²) in [6.45, 7) is 5.24. The normalized spacial score (nSPS) is 10.5. The number of hydrogen-bond acceptors (Lipinski definition) is 2. The van der Waals surface area contributed by atoms with Crippen LogP contribution in [0, 0.1) is 5.92 Å². The molecule has 3 nitrogen and oxygen atoms in total. The van der Waals surface area contributed by atoms with Crippen LogP contribution in [0.15, 0.2) is 0 Å². The first-order chi connectivity index (χ1) is 6.24. The van der Waals surface area contributed by atoms with Gasteiger partial charge in [-0.15, -0.1) is 0 Å². The molecule has 0 aliphatic carbocycles. The maximum absolute atomic E-state index is 10.9. The van der Waals surface area contributed by atoms with Gasteiger partial charge in [0, 0.05) is 6.54 Å². The fraction of sp³-hybridized carbons (Fsp3) is 0.900. The van der Waals surface area contributed by atoms with E-state index in [1.54, 1.807) is 0 Å². The number of amides is 1. The van der Waals surface area contributed by atoms with Gasteiger partial charge in [0.25, 0.3) is 0 Å². The first-order valence-electron chi connectivity index (χ1n) is 5.21. The third-order valence-corrected chi connectivity index (χ3v) is 2.17. The maximum atomic E-state index is 10.9. The van der Waals surface area contributed by atoms with Gasteiger partial charge in [0.1, 0.15) is 0 Å². The molecule has 78 valence electrons. The predicted octanol–water partition coefficient (Wildman–Crippen LogP) is 1.28. The van der Waals surface area contributed by atoms with Crippen molar-refractivity contribution in [2.24, 2.45) is 11.7 Å². The van der Waals surface area contributed by atoms with Gasteiger partial charge in [0.15, 0.2) is 0 Å². The summed E-state index contributed by atoms with van der Waals surface area (Å²) in [6.07, 6.45) is 4.75. The van der Waals surface area contributed by atoms with E-state index >= 15 is 0 Å². The summed E-state index contributed by atoms with van der Waals surface area (Å²) in [6, 6.07) is 0. The third-order valence-electron chi connectivity index (χ3n) is 2.17. The van der Waals surface area contributed by atoms with E-state index in [4.69, 9.17) is 5.73 Å². The minimum atomic E-state index is -0.0443. The van der Waals surface area contributed by atoms with Crippen molar-refractivity contribution in [3.8, 4) is 0 Å². The third kappa shape index (κ3) is 6.58. The second-order valence-corrected chi connectivity index (χ2v) is 3.45. The van der Waals surface area contributed by atoms with E-state index < -0.39 is 0 Å². The molecule has 0 aromatic rings. The van der Waals surface area contributed by atoms with Gasteiger partial charge in [-0.2, -0.15) is 0 Å². The minimum Gasteiger partial charge on any atom is -0.355 e. The van der Waals surface area contributed by atoms with E-state index in [0.717, 1.165) is 6.54 Å². The molecule has 0 unspecified atom stereocenters. The van der Waals surface area contributed by atoms with Crippen LogP contribution in [0.2, 0.25) is 0 Å². The Morgan fingerprint density at radius 3 is 2.23 bits per heavy atom. The van der Waals surface area contributed by atoms with Gasteiger partial charge in [-0.3, -0.25) is 4.79 Å². The zero-order chi connectivity index (χ0) is 10.1. The summed E-state index contributed by atoms with van der Waals surface area (Å²) in [5.74, 6) is 0.586. The van der Waals surface area contributed by atoms with Crippen molar-refractivity contribution in [3.05, 3.63) is 0 Å². The molecule has 3 N–H and O–H groups in total. The Balaban J connectivity index is 3.61. The van der Waals surface area contributed by atoms with E-state index in [2.05, 4.69) is 19.2 Å². The summed E-state index contributed by atoms with van der Waals surface area (Å²) in [5.41, 5.74) is 5.19. The number of carbonyl (C=O) groups is 1. The van der Waals surface area contributed by atoms with E-state index in [0.29, 0.717) is 5.92 Å². The molecule has 0 aromatic carbocycles. The van der Waals surface area contributed by atoms with Crippen LogP contribution in [0.25, 0.3) is 0 Å². The van der Waals surface area contributed by atoms with E-state index in [1.807, 2.05) is 0 Å². The number of hydrogen-bond donors (Lipinski definition) is 2. The zero-order valence-corrected chi connectivity index (χ0v) is 8.81. The highest BCUT2D eigenvalue weighted by Crippen LogP contribution is 2.11. The van der Waals surface area contributed by atoms with Crippen molar-refractivity contribution in [2.45, 2.75) is 39.5 Å². The smallest absolute Gasteiger partial charge is 0.233 e. The fourth-order valence-electron chi connectivity index (χ4n) is 1.50. The predicted molar refractivity (Wildman–Crippen MR) is 55.4 cm³/mol. The van der Waals surface area contributed by atoms with Gasteiger partial charge in [-0.1, -0.05) is 26.7 Å². The Bertz CT molecular complexity index is 131. The van der Waals surface area contributed by atoms with Gasteiger partial charge in [0.2, 0.25) is 5.91 Å².